The normalized spacial score (nSPS) is 16.8. The smallest absolute Gasteiger partial charge is 0.352 e. The molecule has 3 heterocycles. The standard InChI is InChI=1S/C20H24N6O3/c1-14-5-4-9-24(12-14)17-8-10-25-19(22-17)23-26(20(25)28)13-18(27)21-15-6-3-7-16(11-15)29-2/h3,6-8,10-11,14H,4-5,9,12-13H2,1-2H3,(H,21,27)/t14-/m0/s1. The summed E-state index contributed by atoms with van der Waals surface area (Å²) in [6.45, 7) is 3.92. The van der Waals surface area contributed by atoms with Gasteiger partial charge in [-0.05, 0) is 37.0 Å². The molecule has 0 unspecified atom stereocenters. The number of carbonyl (C=O) groups is 1. The fourth-order valence-electron chi connectivity index (χ4n) is 3.61. The van der Waals surface area contributed by atoms with Crippen molar-refractivity contribution in [1.29, 1.82) is 0 Å². The lowest BCUT2D eigenvalue weighted by molar-refractivity contribution is -0.117. The van der Waals surface area contributed by atoms with Crippen LogP contribution < -0.4 is 20.6 Å². The molecule has 1 aliphatic heterocycles. The molecule has 1 amide bonds. The molecule has 1 aromatic carbocycles. The molecule has 9 heteroatoms. The van der Waals surface area contributed by atoms with Crippen molar-refractivity contribution in [3.05, 3.63) is 47.0 Å². The lowest BCUT2D eigenvalue weighted by Gasteiger charge is -2.31. The van der Waals surface area contributed by atoms with Crippen molar-refractivity contribution >= 4 is 23.2 Å². The van der Waals surface area contributed by atoms with Gasteiger partial charge in [0.1, 0.15) is 18.1 Å². The molecule has 4 rings (SSSR count). The molecule has 0 radical (unpaired) electrons. The highest BCUT2D eigenvalue weighted by Gasteiger charge is 2.19. The van der Waals surface area contributed by atoms with Gasteiger partial charge in [0.05, 0.1) is 7.11 Å². The van der Waals surface area contributed by atoms with Gasteiger partial charge in [-0.1, -0.05) is 13.0 Å². The number of fused-ring (bicyclic) bond motifs is 1. The van der Waals surface area contributed by atoms with Gasteiger partial charge in [0.15, 0.2) is 0 Å². The Morgan fingerprint density at radius 1 is 1.34 bits per heavy atom. The average Bonchev–Trinajstić information content (AvgIpc) is 3.02. The number of aromatic nitrogens is 4. The first kappa shape index (κ1) is 19.0. The summed E-state index contributed by atoms with van der Waals surface area (Å²) in [6, 6.07) is 8.85. The van der Waals surface area contributed by atoms with Crippen molar-refractivity contribution in [2.75, 3.05) is 30.4 Å². The SMILES string of the molecule is COc1cccc(NC(=O)Cn2nc3nc(N4CCC[C@H](C)C4)ccn3c2=O)c1. The van der Waals surface area contributed by atoms with Gasteiger partial charge in [-0.25, -0.2) is 13.9 Å². The van der Waals surface area contributed by atoms with Crippen molar-refractivity contribution < 1.29 is 9.53 Å². The number of anilines is 2. The predicted octanol–water partition coefficient (Wildman–Crippen LogP) is 1.77. The molecule has 1 aliphatic rings. The van der Waals surface area contributed by atoms with Crippen LogP contribution in [0.15, 0.2) is 41.3 Å². The Bertz CT molecular complexity index is 1090. The van der Waals surface area contributed by atoms with E-state index in [-0.39, 0.29) is 12.5 Å². The molecule has 152 valence electrons. The van der Waals surface area contributed by atoms with Crippen molar-refractivity contribution in [3.8, 4) is 5.75 Å². The number of methoxy groups -OCH3 is 1. The maximum Gasteiger partial charge on any atom is 0.352 e. The fraction of sp³-hybridized carbons (Fsp3) is 0.400. The zero-order chi connectivity index (χ0) is 20.4. The van der Waals surface area contributed by atoms with Crippen LogP contribution in [0.5, 0.6) is 5.75 Å². The summed E-state index contributed by atoms with van der Waals surface area (Å²) in [4.78, 5) is 31.7. The molecular weight excluding hydrogens is 372 g/mol. The Morgan fingerprint density at radius 2 is 2.21 bits per heavy atom. The summed E-state index contributed by atoms with van der Waals surface area (Å²) >= 11 is 0. The quantitative estimate of drug-likeness (QED) is 0.707. The van der Waals surface area contributed by atoms with Crippen LogP contribution in [0.3, 0.4) is 0 Å². The van der Waals surface area contributed by atoms with E-state index in [1.165, 1.54) is 10.8 Å². The van der Waals surface area contributed by atoms with Gasteiger partial charge in [-0.15, -0.1) is 5.10 Å². The van der Waals surface area contributed by atoms with Crippen molar-refractivity contribution in [2.45, 2.75) is 26.3 Å². The van der Waals surface area contributed by atoms with E-state index in [9.17, 15) is 9.59 Å². The molecule has 0 spiro atoms. The van der Waals surface area contributed by atoms with Crippen LogP contribution in [0, 0.1) is 5.92 Å². The van der Waals surface area contributed by atoms with Crippen LogP contribution in [0.4, 0.5) is 11.5 Å². The Labute approximate surface area is 167 Å². The predicted molar refractivity (Wildman–Crippen MR) is 109 cm³/mol. The van der Waals surface area contributed by atoms with Crippen molar-refractivity contribution in [1.82, 2.24) is 19.2 Å². The molecule has 1 saturated heterocycles. The second kappa shape index (κ2) is 7.94. The topological polar surface area (TPSA) is 93.8 Å². The van der Waals surface area contributed by atoms with Gasteiger partial charge >= 0.3 is 5.69 Å². The largest absolute Gasteiger partial charge is 0.497 e. The average molecular weight is 396 g/mol. The highest BCUT2D eigenvalue weighted by Crippen LogP contribution is 2.21. The second-order valence-corrected chi connectivity index (χ2v) is 7.37. The van der Waals surface area contributed by atoms with Crippen LogP contribution in [-0.2, 0) is 11.3 Å². The molecular formula is C20H24N6O3. The minimum Gasteiger partial charge on any atom is -0.497 e. The Morgan fingerprint density at radius 3 is 3.00 bits per heavy atom. The van der Waals surface area contributed by atoms with E-state index < -0.39 is 5.69 Å². The number of amides is 1. The highest BCUT2D eigenvalue weighted by molar-refractivity contribution is 5.90. The third-order valence-electron chi connectivity index (χ3n) is 5.07. The van der Waals surface area contributed by atoms with E-state index in [1.807, 2.05) is 6.07 Å². The molecule has 0 bridgehead atoms. The summed E-state index contributed by atoms with van der Waals surface area (Å²) in [7, 11) is 1.56. The Balaban J connectivity index is 1.52. The van der Waals surface area contributed by atoms with E-state index in [0.717, 1.165) is 30.0 Å². The lowest BCUT2D eigenvalue weighted by atomic mass is 10.0. The number of nitrogens with zero attached hydrogens (tertiary/aromatic N) is 5. The number of piperidine rings is 1. The van der Waals surface area contributed by atoms with Crippen LogP contribution in [-0.4, -0.2) is 45.3 Å². The molecule has 2 aromatic heterocycles. The summed E-state index contributed by atoms with van der Waals surface area (Å²) < 4.78 is 7.63. The Hall–Kier alpha value is -3.36. The van der Waals surface area contributed by atoms with Gasteiger partial charge in [-0.2, -0.15) is 4.98 Å². The van der Waals surface area contributed by atoms with E-state index in [1.54, 1.807) is 37.6 Å². The molecule has 1 fully saturated rings. The number of benzene rings is 1. The first-order chi connectivity index (χ1) is 14.0. The lowest BCUT2D eigenvalue weighted by Crippen LogP contribution is -2.34. The maximum atomic E-state index is 12.6. The van der Waals surface area contributed by atoms with E-state index >= 15 is 0 Å². The summed E-state index contributed by atoms with van der Waals surface area (Å²) in [5, 5.41) is 6.99. The van der Waals surface area contributed by atoms with E-state index in [2.05, 4.69) is 27.2 Å². The molecule has 3 aromatic rings. The second-order valence-electron chi connectivity index (χ2n) is 7.37. The first-order valence-corrected chi connectivity index (χ1v) is 9.68. The zero-order valence-electron chi connectivity index (χ0n) is 16.5. The minimum atomic E-state index is -0.396. The molecule has 1 atom stereocenters. The van der Waals surface area contributed by atoms with Gasteiger partial charge in [0, 0.05) is 31.0 Å². The molecule has 0 saturated carbocycles. The van der Waals surface area contributed by atoms with Gasteiger partial charge < -0.3 is 15.0 Å². The minimum absolute atomic E-state index is 0.199. The number of carbonyl (C=O) groups excluding carboxylic acids is 1. The van der Waals surface area contributed by atoms with Crippen LogP contribution >= 0.6 is 0 Å². The third kappa shape index (κ3) is 4.08. The van der Waals surface area contributed by atoms with Crippen LogP contribution in [0.25, 0.3) is 5.78 Å². The highest BCUT2D eigenvalue weighted by atomic mass is 16.5. The number of ether oxygens (including phenoxy) is 1. The molecule has 0 aliphatic carbocycles. The summed E-state index contributed by atoms with van der Waals surface area (Å²) in [5.74, 6) is 1.99. The first-order valence-electron chi connectivity index (χ1n) is 9.68. The molecule has 29 heavy (non-hydrogen) atoms. The number of hydrogen-bond acceptors (Lipinski definition) is 6. The molecule has 1 N–H and O–H groups in total. The summed E-state index contributed by atoms with van der Waals surface area (Å²) in [6.07, 6.45) is 4.01. The van der Waals surface area contributed by atoms with Crippen molar-refractivity contribution in [2.24, 2.45) is 5.92 Å². The van der Waals surface area contributed by atoms with Crippen LogP contribution in [0.1, 0.15) is 19.8 Å². The van der Waals surface area contributed by atoms with Gasteiger partial charge in [-0.3, -0.25) is 4.79 Å². The van der Waals surface area contributed by atoms with Gasteiger partial charge in [0.2, 0.25) is 5.91 Å². The van der Waals surface area contributed by atoms with Gasteiger partial charge in [0.25, 0.3) is 5.78 Å². The summed E-state index contributed by atoms with van der Waals surface area (Å²) in [5.41, 5.74) is 0.192. The van der Waals surface area contributed by atoms with Crippen molar-refractivity contribution in [3.63, 3.8) is 0 Å². The fourth-order valence-corrected chi connectivity index (χ4v) is 3.61. The zero-order valence-corrected chi connectivity index (χ0v) is 16.5. The third-order valence-corrected chi connectivity index (χ3v) is 5.07. The molecule has 9 nitrogen and oxygen atoms in total. The number of hydrogen-bond donors (Lipinski definition) is 1. The Kier molecular flexibility index (Phi) is 5.20. The maximum absolute atomic E-state index is 12.6. The number of rotatable bonds is 5. The monoisotopic (exact) mass is 396 g/mol. The van der Waals surface area contributed by atoms with E-state index in [0.29, 0.717) is 23.1 Å². The number of nitrogens with one attached hydrogen (secondary N) is 1. The van der Waals surface area contributed by atoms with Crippen LogP contribution in [0.2, 0.25) is 0 Å². The van der Waals surface area contributed by atoms with E-state index in [4.69, 9.17) is 4.74 Å².